The van der Waals surface area contributed by atoms with Crippen LogP contribution in [0.15, 0.2) is 52.9 Å². The van der Waals surface area contributed by atoms with Crippen molar-refractivity contribution in [2.24, 2.45) is 0 Å². The first-order chi connectivity index (χ1) is 12.0. The van der Waals surface area contributed by atoms with Crippen LogP contribution in [-0.4, -0.2) is 23.2 Å². The summed E-state index contributed by atoms with van der Waals surface area (Å²) in [5.41, 5.74) is 1.75. The van der Waals surface area contributed by atoms with Crippen LogP contribution in [0, 0.1) is 0 Å². The molecule has 0 spiro atoms. The molecule has 0 aliphatic heterocycles. The number of ether oxygens (including phenoxy) is 1. The van der Waals surface area contributed by atoms with Crippen molar-refractivity contribution in [1.82, 2.24) is 4.98 Å². The lowest BCUT2D eigenvalue weighted by Crippen LogP contribution is -2.00. The standard InChI is InChI=1S/C19H12ClNO4/c1-24-12-4-2-10-6-18(25-17(10)8-12)16-9-14(19(22)23)13-7-11(20)3-5-15(13)21-16/h2-9H,1H3,(H,22,23). The van der Waals surface area contributed by atoms with Crippen molar-refractivity contribution in [2.75, 3.05) is 7.11 Å². The van der Waals surface area contributed by atoms with Crippen LogP contribution >= 0.6 is 11.6 Å². The molecule has 2 aromatic carbocycles. The Bertz CT molecular complexity index is 1130. The molecule has 6 heteroatoms. The van der Waals surface area contributed by atoms with Gasteiger partial charge in [-0.1, -0.05) is 11.6 Å². The maximum atomic E-state index is 11.6. The van der Waals surface area contributed by atoms with Gasteiger partial charge >= 0.3 is 5.97 Å². The number of aromatic carboxylic acids is 1. The van der Waals surface area contributed by atoms with Gasteiger partial charge in [-0.25, -0.2) is 9.78 Å². The van der Waals surface area contributed by atoms with E-state index in [1.807, 2.05) is 18.2 Å². The van der Waals surface area contributed by atoms with Crippen molar-refractivity contribution in [1.29, 1.82) is 0 Å². The minimum atomic E-state index is -1.05. The van der Waals surface area contributed by atoms with Crippen LogP contribution in [0.3, 0.4) is 0 Å². The summed E-state index contributed by atoms with van der Waals surface area (Å²) in [6.07, 6.45) is 0. The number of aromatic nitrogens is 1. The van der Waals surface area contributed by atoms with Crippen molar-refractivity contribution < 1.29 is 19.1 Å². The topological polar surface area (TPSA) is 72.6 Å². The fourth-order valence-electron chi connectivity index (χ4n) is 2.77. The molecule has 1 N–H and O–H groups in total. The lowest BCUT2D eigenvalue weighted by atomic mass is 10.1. The summed E-state index contributed by atoms with van der Waals surface area (Å²) in [4.78, 5) is 16.2. The van der Waals surface area contributed by atoms with E-state index in [0.717, 1.165) is 5.39 Å². The molecule has 4 aromatic rings. The summed E-state index contributed by atoms with van der Waals surface area (Å²) in [6.45, 7) is 0. The van der Waals surface area contributed by atoms with Gasteiger partial charge in [0.15, 0.2) is 5.76 Å². The first-order valence-electron chi connectivity index (χ1n) is 7.47. The van der Waals surface area contributed by atoms with Gasteiger partial charge in [-0.05, 0) is 42.5 Å². The molecule has 0 unspecified atom stereocenters. The molecular formula is C19H12ClNO4. The van der Waals surface area contributed by atoms with Crippen LogP contribution < -0.4 is 4.74 Å². The molecule has 0 aliphatic carbocycles. The fourth-order valence-corrected chi connectivity index (χ4v) is 2.94. The Morgan fingerprint density at radius 1 is 1.16 bits per heavy atom. The number of methoxy groups -OCH3 is 1. The zero-order valence-electron chi connectivity index (χ0n) is 13.1. The number of benzene rings is 2. The van der Waals surface area contributed by atoms with Gasteiger partial charge < -0.3 is 14.3 Å². The highest BCUT2D eigenvalue weighted by Gasteiger charge is 2.16. The fraction of sp³-hybridized carbons (Fsp3) is 0.0526. The van der Waals surface area contributed by atoms with Crippen LogP contribution in [-0.2, 0) is 0 Å². The second-order valence-electron chi connectivity index (χ2n) is 5.54. The zero-order valence-corrected chi connectivity index (χ0v) is 13.9. The van der Waals surface area contributed by atoms with Crippen LogP contribution in [0.1, 0.15) is 10.4 Å². The van der Waals surface area contributed by atoms with Crippen molar-refractivity contribution in [3.63, 3.8) is 0 Å². The third-order valence-electron chi connectivity index (χ3n) is 3.98. The summed E-state index contributed by atoms with van der Waals surface area (Å²) in [5, 5.41) is 11.4. The molecule has 0 amide bonds. The highest BCUT2D eigenvalue weighted by atomic mass is 35.5. The SMILES string of the molecule is COc1ccc2cc(-c3cc(C(=O)O)c4cc(Cl)ccc4n3)oc2c1. The molecule has 2 heterocycles. The van der Waals surface area contributed by atoms with Crippen LogP contribution in [0.2, 0.25) is 5.02 Å². The van der Waals surface area contributed by atoms with Gasteiger partial charge in [0.1, 0.15) is 17.0 Å². The van der Waals surface area contributed by atoms with Crippen LogP contribution in [0.25, 0.3) is 33.3 Å². The Morgan fingerprint density at radius 2 is 2.00 bits per heavy atom. The predicted octanol–water partition coefficient (Wildman–Crippen LogP) is 5.01. The first kappa shape index (κ1) is 15.5. The largest absolute Gasteiger partial charge is 0.497 e. The number of pyridine rings is 1. The molecule has 4 rings (SSSR count). The molecule has 0 fully saturated rings. The number of carbonyl (C=O) groups is 1. The number of fused-ring (bicyclic) bond motifs is 2. The van der Waals surface area contributed by atoms with Crippen LogP contribution in [0.5, 0.6) is 5.75 Å². The maximum Gasteiger partial charge on any atom is 0.336 e. The number of carboxylic acid groups (broad SMARTS) is 1. The molecule has 0 saturated carbocycles. The molecule has 124 valence electrons. The number of nitrogens with zero attached hydrogens (tertiary/aromatic N) is 1. The molecular weight excluding hydrogens is 342 g/mol. The second-order valence-corrected chi connectivity index (χ2v) is 5.97. The van der Waals surface area contributed by atoms with E-state index in [0.29, 0.717) is 38.7 Å². The van der Waals surface area contributed by atoms with E-state index in [4.69, 9.17) is 20.8 Å². The summed E-state index contributed by atoms with van der Waals surface area (Å²) in [6, 6.07) is 13.8. The van der Waals surface area contributed by atoms with Crippen molar-refractivity contribution in [3.05, 3.63) is 59.1 Å². The third kappa shape index (κ3) is 2.68. The van der Waals surface area contributed by atoms with E-state index in [2.05, 4.69) is 4.98 Å². The number of carboxylic acids is 1. The Balaban J connectivity index is 1.94. The molecule has 0 radical (unpaired) electrons. The number of hydrogen-bond donors (Lipinski definition) is 1. The number of hydrogen-bond acceptors (Lipinski definition) is 4. The molecule has 0 atom stereocenters. The maximum absolute atomic E-state index is 11.6. The number of furan rings is 1. The minimum Gasteiger partial charge on any atom is -0.497 e. The lowest BCUT2D eigenvalue weighted by Gasteiger charge is -2.05. The highest BCUT2D eigenvalue weighted by Crippen LogP contribution is 2.32. The number of halogens is 1. The number of rotatable bonds is 3. The zero-order chi connectivity index (χ0) is 17.6. The molecule has 2 aromatic heterocycles. The Kier molecular flexibility index (Phi) is 3.58. The Morgan fingerprint density at radius 3 is 2.76 bits per heavy atom. The van der Waals surface area contributed by atoms with Gasteiger partial charge in [0.05, 0.1) is 18.2 Å². The lowest BCUT2D eigenvalue weighted by molar-refractivity contribution is 0.0699. The van der Waals surface area contributed by atoms with Crippen LogP contribution in [0.4, 0.5) is 0 Å². The average molecular weight is 354 g/mol. The third-order valence-corrected chi connectivity index (χ3v) is 4.22. The van der Waals surface area contributed by atoms with Gasteiger partial charge in [-0.15, -0.1) is 0 Å². The average Bonchev–Trinajstić information content (AvgIpc) is 3.03. The van der Waals surface area contributed by atoms with Gasteiger partial charge in [-0.3, -0.25) is 0 Å². The predicted molar refractivity (Wildman–Crippen MR) is 95.5 cm³/mol. The van der Waals surface area contributed by atoms with E-state index >= 15 is 0 Å². The van der Waals surface area contributed by atoms with Crippen molar-refractivity contribution in [2.45, 2.75) is 0 Å². The van der Waals surface area contributed by atoms with E-state index in [1.165, 1.54) is 6.07 Å². The monoisotopic (exact) mass is 353 g/mol. The van der Waals surface area contributed by atoms with E-state index in [9.17, 15) is 9.90 Å². The summed E-state index contributed by atoms with van der Waals surface area (Å²) in [5.74, 6) is 0.122. The van der Waals surface area contributed by atoms with Gasteiger partial charge in [0, 0.05) is 21.9 Å². The highest BCUT2D eigenvalue weighted by molar-refractivity contribution is 6.31. The van der Waals surface area contributed by atoms with Gasteiger partial charge in [0.2, 0.25) is 0 Å². The van der Waals surface area contributed by atoms with Gasteiger partial charge in [-0.2, -0.15) is 0 Å². The molecule has 5 nitrogen and oxygen atoms in total. The quantitative estimate of drug-likeness (QED) is 0.560. The summed E-state index contributed by atoms with van der Waals surface area (Å²) in [7, 11) is 1.58. The summed E-state index contributed by atoms with van der Waals surface area (Å²) >= 11 is 5.98. The van der Waals surface area contributed by atoms with E-state index < -0.39 is 5.97 Å². The molecule has 0 bridgehead atoms. The Labute approximate surface area is 147 Å². The second kappa shape index (κ2) is 5.79. The normalized spacial score (nSPS) is 11.1. The molecule has 0 saturated heterocycles. The van der Waals surface area contributed by atoms with E-state index in [-0.39, 0.29) is 5.56 Å². The smallest absolute Gasteiger partial charge is 0.336 e. The molecule has 25 heavy (non-hydrogen) atoms. The summed E-state index contributed by atoms with van der Waals surface area (Å²) < 4.78 is 11.0. The van der Waals surface area contributed by atoms with Crippen molar-refractivity contribution in [3.8, 4) is 17.2 Å². The van der Waals surface area contributed by atoms with Crippen molar-refractivity contribution >= 4 is 39.4 Å². The minimum absolute atomic E-state index is 0.125. The van der Waals surface area contributed by atoms with E-state index in [1.54, 1.807) is 31.4 Å². The Hall–Kier alpha value is -3.05. The van der Waals surface area contributed by atoms with Gasteiger partial charge in [0.25, 0.3) is 0 Å². The molecule has 0 aliphatic rings. The first-order valence-corrected chi connectivity index (χ1v) is 7.84.